The zero-order valence-corrected chi connectivity index (χ0v) is 13.0. The van der Waals surface area contributed by atoms with E-state index < -0.39 is 0 Å². The zero-order valence-electron chi connectivity index (χ0n) is 13.0. The Balaban J connectivity index is 2.03. The van der Waals surface area contributed by atoms with Crippen LogP contribution >= 0.6 is 0 Å². The van der Waals surface area contributed by atoms with Gasteiger partial charge in [-0.15, -0.1) is 0 Å². The number of aryl methyl sites for hydroxylation is 3. The van der Waals surface area contributed by atoms with E-state index in [0.717, 1.165) is 24.1 Å². The Bertz CT molecular complexity index is 652. The Morgan fingerprint density at radius 2 is 1.86 bits per heavy atom. The van der Waals surface area contributed by atoms with Crippen molar-refractivity contribution in [2.75, 3.05) is 6.54 Å². The molecule has 0 saturated heterocycles. The Labute approximate surface area is 126 Å². The summed E-state index contributed by atoms with van der Waals surface area (Å²) >= 11 is 0. The molecular weight excluding hydrogens is 261 g/mol. The van der Waals surface area contributed by atoms with Crippen molar-refractivity contribution in [3.8, 4) is 11.1 Å². The van der Waals surface area contributed by atoms with Crippen LogP contribution in [-0.2, 0) is 6.42 Å². The number of halogens is 1. The number of nitrogens with one attached hydrogen (secondary N) is 1. The van der Waals surface area contributed by atoms with Gasteiger partial charge in [-0.2, -0.15) is 0 Å². The molecule has 1 unspecified atom stereocenters. The number of rotatable bonds is 3. The SMILES string of the molecule is CCNC1CCc2cc(-c3c(C)cc(F)cc3C)ccc21. The molecule has 0 heterocycles. The van der Waals surface area contributed by atoms with E-state index >= 15 is 0 Å². The summed E-state index contributed by atoms with van der Waals surface area (Å²) in [7, 11) is 0. The van der Waals surface area contributed by atoms with Gasteiger partial charge in [-0.3, -0.25) is 0 Å². The highest BCUT2D eigenvalue weighted by Crippen LogP contribution is 2.36. The van der Waals surface area contributed by atoms with Crippen molar-refractivity contribution in [2.45, 2.75) is 39.7 Å². The van der Waals surface area contributed by atoms with E-state index in [1.165, 1.54) is 28.7 Å². The molecule has 0 spiro atoms. The van der Waals surface area contributed by atoms with Crippen LogP contribution in [0.3, 0.4) is 0 Å². The lowest BCUT2D eigenvalue weighted by atomic mass is 9.93. The van der Waals surface area contributed by atoms with Crippen LogP contribution in [0, 0.1) is 19.7 Å². The fourth-order valence-corrected chi connectivity index (χ4v) is 3.60. The van der Waals surface area contributed by atoms with Crippen molar-refractivity contribution in [3.63, 3.8) is 0 Å². The lowest BCUT2D eigenvalue weighted by Crippen LogP contribution is -2.18. The van der Waals surface area contributed by atoms with Gasteiger partial charge in [0.1, 0.15) is 5.82 Å². The molecule has 1 nitrogen and oxygen atoms in total. The molecule has 0 aliphatic heterocycles. The summed E-state index contributed by atoms with van der Waals surface area (Å²) in [6.07, 6.45) is 2.30. The summed E-state index contributed by atoms with van der Waals surface area (Å²) in [6.45, 7) is 7.12. The molecule has 0 fully saturated rings. The van der Waals surface area contributed by atoms with Gasteiger partial charge < -0.3 is 5.32 Å². The lowest BCUT2D eigenvalue weighted by Gasteiger charge is -2.15. The highest BCUT2D eigenvalue weighted by molar-refractivity contribution is 5.72. The van der Waals surface area contributed by atoms with E-state index in [2.05, 4.69) is 30.4 Å². The standard InChI is InChI=1S/C19H22FN/c1-4-21-18-8-6-14-11-15(5-7-17(14)18)19-12(2)9-16(20)10-13(19)3/h5,7,9-11,18,21H,4,6,8H2,1-3H3. The average molecular weight is 283 g/mol. The Hall–Kier alpha value is -1.67. The van der Waals surface area contributed by atoms with Crippen molar-refractivity contribution in [2.24, 2.45) is 0 Å². The third-order valence-electron chi connectivity index (χ3n) is 4.46. The van der Waals surface area contributed by atoms with Crippen LogP contribution in [0.1, 0.15) is 41.6 Å². The first-order chi connectivity index (χ1) is 10.1. The average Bonchev–Trinajstić information content (AvgIpc) is 2.81. The zero-order chi connectivity index (χ0) is 15.0. The molecular formula is C19H22FN. The first-order valence-corrected chi connectivity index (χ1v) is 7.73. The van der Waals surface area contributed by atoms with E-state index in [0.29, 0.717) is 6.04 Å². The van der Waals surface area contributed by atoms with Gasteiger partial charge in [0.25, 0.3) is 0 Å². The van der Waals surface area contributed by atoms with Gasteiger partial charge >= 0.3 is 0 Å². The molecule has 1 aliphatic carbocycles. The lowest BCUT2D eigenvalue weighted by molar-refractivity contribution is 0.549. The second-order valence-corrected chi connectivity index (χ2v) is 5.98. The monoisotopic (exact) mass is 283 g/mol. The van der Waals surface area contributed by atoms with E-state index in [1.807, 2.05) is 13.8 Å². The second-order valence-electron chi connectivity index (χ2n) is 5.98. The van der Waals surface area contributed by atoms with E-state index in [4.69, 9.17) is 0 Å². The van der Waals surface area contributed by atoms with Gasteiger partial charge in [-0.25, -0.2) is 4.39 Å². The van der Waals surface area contributed by atoms with E-state index in [-0.39, 0.29) is 5.82 Å². The molecule has 0 saturated carbocycles. The van der Waals surface area contributed by atoms with Gasteiger partial charge in [-0.1, -0.05) is 25.1 Å². The minimum atomic E-state index is -0.151. The van der Waals surface area contributed by atoms with Crippen molar-refractivity contribution >= 4 is 0 Å². The molecule has 0 radical (unpaired) electrons. The molecule has 1 aliphatic rings. The molecule has 1 N–H and O–H groups in total. The first-order valence-electron chi connectivity index (χ1n) is 7.73. The smallest absolute Gasteiger partial charge is 0.123 e. The Kier molecular flexibility index (Phi) is 3.81. The molecule has 0 amide bonds. The van der Waals surface area contributed by atoms with Gasteiger partial charge in [0.15, 0.2) is 0 Å². The normalized spacial score (nSPS) is 17.0. The van der Waals surface area contributed by atoms with Crippen molar-refractivity contribution in [1.82, 2.24) is 5.32 Å². The maximum Gasteiger partial charge on any atom is 0.123 e. The molecule has 2 aromatic rings. The molecule has 3 rings (SSSR count). The summed E-state index contributed by atoms with van der Waals surface area (Å²) in [4.78, 5) is 0. The molecule has 2 heteroatoms. The van der Waals surface area contributed by atoms with Crippen LogP contribution < -0.4 is 5.32 Å². The quantitative estimate of drug-likeness (QED) is 0.860. The van der Waals surface area contributed by atoms with Gasteiger partial charge in [0.05, 0.1) is 0 Å². The molecule has 1 atom stereocenters. The number of benzene rings is 2. The third kappa shape index (κ3) is 2.60. The molecule has 110 valence electrons. The van der Waals surface area contributed by atoms with Crippen LogP contribution in [0.2, 0.25) is 0 Å². The first kappa shape index (κ1) is 14.3. The van der Waals surface area contributed by atoms with Crippen LogP contribution in [0.5, 0.6) is 0 Å². The van der Waals surface area contributed by atoms with E-state index in [9.17, 15) is 4.39 Å². The summed E-state index contributed by atoms with van der Waals surface area (Å²) in [5.41, 5.74) is 7.26. The summed E-state index contributed by atoms with van der Waals surface area (Å²) in [5.74, 6) is -0.151. The Morgan fingerprint density at radius 3 is 2.52 bits per heavy atom. The van der Waals surface area contributed by atoms with Crippen LogP contribution in [0.15, 0.2) is 30.3 Å². The van der Waals surface area contributed by atoms with Crippen LogP contribution in [0.4, 0.5) is 4.39 Å². The molecule has 21 heavy (non-hydrogen) atoms. The Morgan fingerprint density at radius 1 is 1.14 bits per heavy atom. The fourth-order valence-electron chi connectivity index (χ4n) is 3.60. The van der Waals surface area contributed by atoms with Gasteiger partial charge in [0.2, 0.25) is 0 Å². The maximum atomic E-state index is 13.5. The summed E-state index contributed by atoms with van der Waals surface area (Å²) in [5, 5.41) is 3.54. The summed E-state index contributed by atoms with van der Waals surface area (Å²) in [6, 6.07) is 10.5. The predicted molar refractivity (Wildman–Crippen MR) is 86.0 cm³/mol. The molecule has 0 aromatic heterocycles. The predicted octanol–water partition coefficient (Wildman–Crippen LogP) is 4.71. The number of hydrogen-bond donors (Lipinski definition) is 1. The number of hydrogen-bond acceptors (Lipinski definition) is 1. The maximum absolute atomic E-state index is 13.5. The van der Waals surface area contributed by atoms with Crippen LogP contribution in [0.25, 0.3) is 11.1 Å². The topological polar surface area (TPSA) is 12.0 Å². The second kappa shape index (κ2) is 5.61. The van der Waals surface area contributed by atoms with Crippen LogP contribution in [-0.4, -0.2) is 6.54 Å². The van der Waals surface area contributed by atoms with E-state index in [1.54, 1.807) is 12.1 Å². The summed E-state index contributed by atoms with van der Waals surface area (Å²) < 4.78 is 13.5. The third-order valence-corrected chi connectivity index (χ3v) is 4.46. The van der Waals surface area contributed by atoms with Crippen molar-refractivity contribution in [1.29, 1.82) is 0 Å². The van der Waals surface area contributed by atoms with Gasteiger partial charge in [-0.05, 0) is 78.7 Å². The molecule has 0 bridgehead atoms. The fraction of sp³-hybridized carbons (Fsp3) is 0.368. The minimum Gasteiger partial charge on any atom is -0.310 e. The number of fused-ring (bicyclic) bond motifs is 1. The molecule has 2 aromatic carbocycles. The van der Waals surface area contributed by atoms with Gasteiger partial charge in [0, 0.05) is 6.04 Å². The van der Waals surface area contributed by atoms with Crippen molar-refractivity contribution in [3.05, 3.63) is 58.4 Å². The highest BCUT2D eigenvalue weighted by Gasteiger charge is 2.22. The largest absolute Gasteiger partial charge is 0.310 e. The minimum absolute atomic E-state index is 0.151. The van der Waals surface area contributed by atoms with Crippen molar-refractivity contribution < 1.29 is 4.39 Å². The highest BCUT2D eigenvalue weighted by atomic mass is 19.1.